The Labute approximate surface area is 661 Å². The zero-order valence-electron chi connectivity index (χ0n) is 63.2. The van der Waals surface area contributed by atoms with Crippen LogP contribution in [-0.4, -0.2) is 143 Å². The standard InChI is InChI=1S/4C20H20BN6.2Fe/c4*1-5-19-6-8-20(9-7-19)21(25-13-10-16(2)22-25,26-14-11-17(3)23-26)27-15-12-18(4)24-27;;/h4*1,6-15H,2-4H3;;/q4*-1;2*+2. The summed E-state index contributed by atoms with van der Waals surface area (Å²) in [4.78, 5) is 0. The van der Waals surface area contributed by atoms with E-state index in [9.17, 15) is 0 Å². The second-order valence-corrected chi connectivity index (χ2v) is 27.2. The molecular formula is C80H80B4Fe2N24. The van der Waals surface area contributed by atoms with Gasteiger partial charge in [0.15, 0.2) is 0 Å². The van der Waals surface area contributed by atoms with Crippen LogP contribution in [0.5, 0.6) is 0 Å². The molecule has 0 aliphatic rings. The fraction of sp³-hybridized carbons (Fsp3) is 0.150. The quantitative estimate of drug-likeness (QED) is 0.0667. The van der Waals surface area contributed by atoms with Crippen molar-refractivity contribution in [1.82, 2.24) is 116 Å². The number of terminal acetylenes is 4. The SMILES string of the molecule is C#Cc1ccc([B-](n2ccc(C)n2)(n2ccc(C)n2)n2ccc(C)n2)cc1.C#Cc1ccc([B-](n2ccc(C)n2)(n2ccc(C)n2)n2ccc(C)n2)cc1.C#Cc1ccc([B-](n2ccc(C)n2)(n2ccc(C)n2)n2ccc(C)n2)cc1.C#Cc1ccc([B-](n2ccc(C)n2)(n2ccc(C)n2)n2ccc(C)n2)cc1.[Fe+2].[Fe+2]. The summed E-state index contributed by atoms with van der Waals surface area (Å²) in [6.07, 6.45) is 45.9. The van der Waals surface area contributed by atoms with Crippen molar-refractivity contribution in [2.24, 2.45) is 0 Å². The number of aryl methyl sites for hydroxylation is 12. The van der Waals surface area contributed by atoms with Gasteiger partial charge in [0.25, 0.3) is 0 Å². The van der Waals surface area contributed by atoms with Crippen LogP contribution in [-0.2, 0) is 34.1 Å². The van der Waals surface area contributed by atoms with Crippen LogP contribution in [0.2, 0.25) is 0 Å². The summed E-state index contributed by atoms with van der Waals surface area (Å²) in [5.41, 5.74) is 18.4. The maximum Gasteiger partial charge on any atom is 2.00 e. The van der Waals surface area contributed by atoms with Crippen LogP contribution in [0.25, 0.3) is 0 Å². The van der Waals surface area contributed by atoms with E-state index in [1.807, 2.05) is 382 Å². The summed E-state index contributed by atoms with van der Waals surface area (Å²) in [6, 6.07) is 55.6. The molecule has 0 N–H and O–H groups in total. The molecule has 0 atom stereocenters. The third kappa shape index (κ3) is 14.7. The molecule has 548 valence electrons. The topological polar surface area (TPSA) is 214 Å². The molecule has 0 bridgehead atoms. The van der Waals surface area contributed by atoms with E-state index in [1.54, 1.807) is 0 Å². The van der Waals surface area contributed by atoms with Crippen LogP contribution in [0.1, 0.15) is 90.6 Å². The van der Waals surface area contributed by atoms with Crippen molar-refractivity contribution in [2.75, 3.05) is 0 Å². The van der Waals surface area contributed by atoms with Gasteiger partial charge in [-0.15, -0.1) is 47.5 Å². The van der Waals surface area contributed by atoms with E-state index >= 15 is 0 Å². The first-order valence-electron chi connectivity index (χ1n) is 35.3. The average Bonchev–Trinajstić information content (AvgIpc) is 1.60. The van der Waals surface area contributed by atoms with Gasteiger partial charge in [-0.1, -0.05) is 72.2 Å². The normalized spacial score (nSPS) is 11.3. The summed E-state index contributed by atoms with van der Waals surface area (Å²) in [7, 11) is 0. The van der Waals surface area contributed by atoms with Gasteiger partial charge < -0.3 is 55.1 Å². The van der Waals surface area contributed by atoms with E-state index in [1.165, 1.54) is 0 Å². The Hall–Kier alpha value is -13.1. The molecule has 12 aromatic heterocycles. The first-order chi connectivity index (χ1) is 52.1. The number of hydrogen-bond acceptors (Lipinski definition) is 12. The number of aromatic nitrogens is 24. The van der Waals surface area contributed by atoms with E-state index in [0.29, 0.717) is 0 Å². The molecule has 0 aliphatic carbocycles. The van der Waals surface area contributed by atoms with Gasteiger partial charge in [0.05, 0.1) is 68.3 Å². The number of hydrogen-bond donors (Lipinski definition) is 0. The largest absolute Gasteiger partial charge is 2.00 e. The van der Waals surface area contributed by atoms with Crippen LogP contribution >= 0.6 is 0 Å². The first-order valence-corrected chi connectivity index (χ1v) is 35.3. The van der Waals surface area contributed by atoms with Crippen LogP contribution in [0, 0.1) is 132 Å². The van der Waals surface area contributed by atoms with Crippen LogP contribution in [0.3, 0.4) is 0 Å². The van der Waals surface area contributed by atoms with Crippen molar-refractivity contribution >= 4 is 48.1 Å². The number of rotatable bonds is 16. The Balaban J connectivity index is 0.000000145. The summed E-state index contributed by atoms with van der Waals surface area (Å²) < 4.78 is 23.3. The molecule has 30 heteroatoms. The minimum atomic E-state index is -1.83. The molecule has 0 fully saturated rings. The van der Waals surface area contributed by atoms with E-state index in [2.05, 4.69) is 23.7 Å². The van der Waals surface area contributed by atoms with Gasteiger partial charge in [0, 0.05) is 22.3 Å². The minimum Gasteiger partial charge on any atom is -0.396 e. The number of benzene rings is 4. The van der Waals surface area contributed by atoms with Gasteiger partial charge in [0.1, 0.15) is 0 Å². The van der Waals surface area contributed by atoms with Crippen molar-refractivity contribution in [2.45, 2.75) is 83.1 Å². The Bertz CT molecular complexity index is 4850. The molecule has 0 aliphatic heterocycles. The average molecular weight is 1530 g/mol. The van der Waals surface area contributed by atoms with Crippen molar-refractivity contribution in [3.63, 3.8) is 0 Å². The first kappa shape index (κ1) is 78.0. The molecule has 0 unspecified atom stereocenters. The molecular weight excluding hydrogens is 1450 g/mol. The third-order valence-corrected chi connectivity index (χ3v) is 19.4. The molecule has 12 heterocycles. The van der Waals surface area contributed by atoms with Gasteiger partial charge in [-0.2, -0.15) is 0 Å². The van der Waals surface area contributed by atoms with Gasteiger partial charge in [-0.05, 0) is 279 Å². The fourth-order valence-corrected chi connectivity index (χ4v) is 14.2. The van der Waals surface area contributed by atoms with E-state index in [4.69, 9.17) is 86.9 Å². The molecule has 0 spiro atoms. The molecule has 0 amide bonds. The van der Waals surface area contributed by atoms with Gasteiger partial charge in [0.2, 0.25) is 0 Å². The monoisotopic (exact) mass is 1530 g/mol. The minimum absolute atomic E-state index is 0. The van der Waals surface area contributed by atoms with Crippen LogP contribution < -0.4 is 21.9 Å². The second kappa shape index (κ2) is 32.6. The van der Waals surface area contributed by atoms with Crippen LogP contribution in [0.4, 0.5) is 0 Å². The third-order valence-electron chi connectivity index (χ3n) is 19.4. The maximum absolute atomic E-state index is 5.55. The van der Waals surface area contributed by atoms with Crippen molar-refractivity contribution < 1.29 is 34.1 Å². The molecule has 16 aromatic rings. The Morgan fingerprint density at radius 3 is 0.355 bits per heavy atom. The smallest absolute Gasteiger partial charge is 0.396 e. The van der Waals surface area contributed by atoms with Crippen molar-refractivity contribution in [3.05, 3.63) is 335 Å². The van der Waals surface area contributed by atoms with Gasteiger partial charge in [-0.25, -0.2) is 61.2 Å². The maximum atomic E-state index is 5.55. The van der Waals surface area contributed by atoms with Crippen LogP contribution in [0.15, 0.2) is 244 Å². The summed E-state index contributed by atoms with van der Waals surface area (Å²) >= 11 is 0. The Morgan fingerprint density at radius 2 is 0.282 bits per heavy atom. The zero-order valence-corrected chi connectivity index (χ0v) is 65.4. The predicted octanol–water partition coefficient (Wildman–Crippen LogP) is 7.89. The molecule has 110 heavy (non-hydrogen) atoms. The Kier molecular flexibility index (Phi) is 23.1. The summed E-state index contributed by atoms with van der Waals surface area (Å²) in [5, 5.41) is 57.1. The summed E-state index contributed by atoms with van der Waals surface area (Å²) in [5.74, 6) is 10.7. The van der Waals surface area contributed by atoms with Gasteiger partial charge in [-0.3, -0.25) is 0 Å². The zero-order chi connectivity index (χ0) is 76.1. The molecule has 24 nitrogen and oxygen atoms in total. The van der Waals surface area contributed by atoms with Gasteiger partial charge >= 0.3 is 60.3 Å². The Morgan fingerprint density at radius 1 is 0.182 bits per heavy atom. The molecule has 0 saturated heterocycles. The van der Waals surface area contributed by atoms with Crippen molar-refractivity contribution in [3.8, 4) is 49.4 Å². The van der Waals surface area contributed by atoms with E-state index < -0.39 is 26.2 Å². The second-order valence-electron chi connectivity index (χ2n) is 27.2. The van der Waals surface area contributed by atoms with Crippen molar-refractivity contribution in [1.29, 1.82) is 0 Å². The molecule has 4 aromatic carbocycles. The molecule has 0 saturated carbocycles. The predicted molar refractivity (Wildman–Crippen MR) is 427 cm³/mol. The molecule has 0 radical (unpaired) electrons. The van der Waals surface area contributed by atoms with E-state index in [-0.39, 0.29) is 34.1 Å². The summed E-state index contributed by atoms with van der Waals surface area (Å²) in [6.45, 7) is 16.4. The molecule has 16 rings (SSSR count). The fourth-order valence-electron chi connectivity index (χ4n) is 14.2. The number of nitrogens with zero attached hydrogens (tertiary/aromatic N) is 24. The van der Waals surface area contributed by atoms with E-state index in [0.717, 1.165) is 112 Å².